The quantitative estimate of drug-likeness (QED) is 0.358. The van der Waals surface area contributed by atoms with Gasteiger partial charge in [-0.1, -0.05) is 63.6 Å². The summed E-state index contributed by atoms with van der Waals surface area (Å²) < 4.78 is 0. The van der Waals surface area contributed by atoms with Crippen LogP contribution in [-0.2, 0) is 16.0 Å². The lowest BCUT2D eigenvalue weighted by Gasteiger charge is -2.14. The summed E-state index contributed by atoms with van der Waals surface area (Å²) >= 11 is 0. The molecule has 1 aliphatic rings. The Labute approximate surface area is 175 Å². The third-order valence-corrected chi connectivity index (χ3v) is 6.63. The molecule has 0 aliphatic carbocycles. The zero-order valence-corrected chi connectivity index (χ0v) is 17.9. The molecule has 0 bridgehead atoms. The molecule has 1 unspecified atom stereocenters. The third kappa shape index (κ3) is 9.90. The van der Waals surface area contributed by atoms with Gasteiger partial charge in [0.2, 0.25) is 11.8 Å². The largest absolute Gasteiger partial charge is 0.375 e. The summed E-state index contributed by atoms with van der Waals surface area (Å²) in [7, 11) is 3.39. The van der Waals surface area contributed by atoms with E-state index in [1.165, 1.54) is 11.1 Å². The number of allylic oxidation sites excluding steroid dienone is 2. The molecule has 1 aromatic carbocycles. The molecule has 0 radical (unpaired) electrons. The predicted octanol–water partition coefficient (Wildman–Crippen LogP) is 3.32. The lowest BCUT2D eigenvalue weighted by molar-refractivity contribution is -0.122. The minimum atomic E-state index is 0.0220. The third-order valence-electron chi connectivity index (χ3n) is 4.10. The molecular formula is C21H29N3O2S2. The maximum Gasteiger partial charge on any atom is 0.220 e. The standard InChI is InChI=1S/C21H29N3O2S2/c1-17-8-10-18(11-9-17)5-4-6-19(25)22-14-15-23-20(26)12-16-27-28-21-7-2-3-13-24-21/h2-3,7-11,13,21,24H,4-6,12,14-16H2,1H3,(H,22,25)(H,23,26). The second-order valence-corrected chi connectivity index (χ2v) is 9.17. The van der Waals surface area contributed by atoms with Crippen molar-refractivity contribution in [2.75, 3.05) is 18.8 Å². The van der Waals surface area contributed by atoms with Gasteiger partial charge in [0, 0.05) is 31.7 Å². The Morgan fingerprint density at radius 3 is 2.43 bits per heavy atom. The van der Waals surface area contributed by atoms with Gasteiger partial charge in [-0.25, -0.2) is 0 Å². The molecule has 28 heavy (non-hydrogen) atoms. The number of hydrogen-bond acceptors (Lipinski definition) is 5. The minimum absolute atomic E-state index is 0.0220. The van der Waals surface area contributed by atoms with Crippen LogP contribution in [0.3, 0.4) is 0 Å². The molecule has 2 rings (SSSR count). The number of aryl methyl sites for hydroxylation is 2. The van der Waals surface area contributed by atoms with Crippen LogP contribution >= 0.6 is 21.6 Å². The molecule has 1 heterocycles. The summed E-state index contributed by atoms with van der Waals surface area (Å²) in [5.74, 6) is 0.821. The van der Waals surface area contributed by atoms with Crippen LogP contribution in [0.4, 0.5) is 0 Å². The SMILES string of the molecule is Cc1ccc(CCCC(=O)NCCNC(=O)CCSSC2C=CC=CN2)cc1. The fourth-order valence-electron chi connectivity index (χ4n) is 2.53. The number of benzene rings is 1. The van der Waals surface area contributed by atoms with Gasteiger partial charge in [0.1, 0.15) is 5.37 Å². The Balaban J connectivity index is 1.42. The van der Waals surface area contributed by atoms with Crippen molar-refractivity contribution in [3.8, 4) is 0 Å². The number of amides is 2. The highest BCUT2D eigenvalue weighted by Gasteiger charge is 2.07. The lowest BCUT2D eigenvalue weighted by atomic mass is 10.1. The first-order chi connectivity index (χ1) is 13.6. The van der Waals surface area contributed by atoms with Crippen molar-refractivity contribution >= 4 is 33.4 Å². The highest BCUT2D eigenvalue weighted by Crippen LogP contribution is 2.27. The molecule has 0 aromatic heterocycles. The van der Waals surface area contributed by atoms with Crippen molar-refractivity contribution in [3.05, 3.63) is 59.8 Å². The molecule has 5 nitrogen and oxygen atoms in total. The molecule has 7 heteroatoms. The average Bonchev–Trinajstić information content (AvgIpc) is 2.71. The number of hydrogen-bond donors (Lipinski definition) is 3. The first-order valence-electron chi connectivity index (χ1n) is 9.60. The smallest absolute Gasteiger partial charge is 0.220 e. The Hall–Kier alpha value is -1.86. The molecular weight excluding hydrogens is 390 g/mol. The molecule has 3 N–H and O–H groups in total. The topological polar surface area (TPSA) is 70.2 Å². The summed E-state index contributed by atoms with van der Waals surface area (Å²) in [6, 6.07) is 8.41. The Kier molecular flexibility index (Phi) is 10.7. The van der Waals surface area contributed by atoms with Crippen LogP contribution in [-0.4, -0.2) is 36.0 Å². The molecule has 152 valence electrons. The van der Waals surface area contributed by atoms with Gasteiger partial charge in [-0.15, -0.1) is 0 Å². The van der Waals surface area contributed by atoms with Crippen LogP contribution in [0.1, 0.15) is 30.4 Å². The molecule has 1 atom stereocenters. The van der Waals surface area contributed by atoms with Crippen LogP contribution in [0.5, 0.6) is 0 Å². The first-order valence-corrected chi connectivity index (χ1v) is 12.0. The van der Waals surface area contributed by atoms with E-state index in [1.807, 2.05) is 18.4 Å². The Morgan fingerprint density at radius 1 is 1.04 bits per heavy atom. The highest BCUT2D eigenvalue weighted by molar-refractivity contribution is 8.77. The van der Waals surface area contributed by atoms with E-state index in [0.29, 0.717) is 25.9 Å². The average molecular weight is 420 g/mol. The van der Waals surface area contributed by atoms with Crippen molar-refractivity contribution in [2.24, 2.45) is 0 Å². The molecule has 0 saturated carbocycles. The molecule has 0 spiro atoms. The van der Waals surface area contributed by atoms with E-state index in [-0.39, 0.29) is 17.2 Å². The van der Waals surface area contributed by atoms with Gasteiger partial charge in [-0.2, -0.15) is 0 Å². The van der Waals surface area contributed by atoms with Gasteiger partial charge in [0.05, 0.1) is 0 Å². The van der Waals surface area contributed by atoms with E-state index >= 15 is 0 Å². The van der Waals surface area contributed by atoms with Gasteiger partial charge in [-0.3, -0.25) is 9.59 Å². The van der Waals surface area contributed by atoms with Crippen LogP contribution in [0.2, 0.25) is 0 Å². The van der Waals surface area contributed by atoms with Crippen molar-refractivity contribution in [2.45, 2.75) is 38.0 Å². The van der Waals surface area contributed by atoms with E-state index in [9.17, 15) is 9.59 Å². The molecule has 1 aliphatic heterocycles. The lowest BCUT2D eigenvalue weighted by Crippen LogP contribution is -2.34. The van der Waals surface area contributed by atoms with Crippen LogP contribution in [0.25, 0.3) is 0 Å². The predicted molar refractivity (Wildman–Crippen MR) is 120 cm³/mol. The normalized spacial score (nSPS) is 15.1. The van der Waals surface area contributed by atoms with E-state index in [4.69, 9.17) is 0 Å². The summed E-state index contributed by atoms with van der Waals surface area (Å²) in [4.78, 5) is 23.7. The second kappa shape index (κ2) is 13.3. The van der Waals surface area contributed by atoms with Crippen molar-refractivity contribution in [1.82, 2.24) is 16.0 Å². The maximum atomic E-state index is 11.8. The zero-order chi connectivity index (χ0) is 20.0. The van der Waals surface area contributed by atoms with E-state index in [1.54, 1.807) is 21.6 Å². The van der Waals surface area contributed by atoms with Crippen molar-refractivity contribution < 1.29 is 9.59 Å². The fraction of sp³-hybridized carbons (Fsp3) is 0.429. The van der Waals surface area contributed by atoms with Crippen molar-refractivity contribution in [1.29, 1.82) is 0 Å². The summed E-state index contributed by atoms with van der Waals surface area (Å²) in [6.07, 6.45) is 10.7. The maximum absolute atomic E-state index is 11.8. The first kappa shape index (κ1) is 22.4. The zero-order valence-electron chi connectivity index (χ0n) is 16.3. The summed E-state index contributed by atoms with van der Waals surface area (Å²) in [6.45, 7) is 3.01. The van der Waals surface area contributed by atoms with Gasteiger partial charge in [-0.05, 0) is 37.6 Å². The molecule has 0 saturated heterocycles. The number of rotatable bonds is 12. The molecule has 1 aromatic rings. The van der Waals surface area contributed by atoms with Crippen LogP contribution < -0.4 is 16.0 Å². The fourth-order valence-corrected chi connectivity index (χ4v) is 4.67. The number of dihydropyridines is 1. The van der Waals surface area contributed by atoms with Gasteiger partial charge < -0.3 is 16.0 Å². The van der Waals surface area contributed by atoms with Gasteiger partial charge in [0.15, 0.2) is 0 Å². The summed E-state index contributed by atoms with van der Waals surface area (Å²) in [5.41, 5.74) is 2.50. The number of carbonyl (C=O) groups is 2. The molecule has 2 amide bonds. The number of carbonyl (C=O) groups excluding carboxylic acids is 2. The monoisotopic (exact) mass is 419 g/mol. The highest BCUT2D eigenvalue weighted by atomic mass is 33.1. The van der Waals surface area contributed by atoms with Crippen molar-refractivity contribution in [3.63, 3.8) is 0 Å². The Bertz CT molecular complexity index is 675. The minimum Gasteiger partial charge on any atom is -0.375 e. The van der Waals surface area contributed by atoms with E-state index in [0.717, 1.165) is 18.6 Å². The van der Waals surface area contributed by atoms with E-state index < -0.39 is 0 Å². The van der Waals surface area contributed by atoms with Crippen LogP contribution in [0.15, 0.2) is 48.7 Å². The summed E-state index contributed by atoms with van der Waals surface area (Å²) in [5, 5.41) is 9.19. The molecule has 0 fully saturated rings. The Morgan fingerprint density at radius 2 is 1.75 bits per heavy atom. The van der Waals surface area contributed by atoms with Gasteiger partial charge in [0.25, 0.3) is 0 Å². The second-order valence-electron chi connectivity index (χ2n) is 6.54. The van der Waals surface area contributed by atoms with Gasteiger partial charge >= 0.3 is 0 Å². The number of nitrogens with one attached hydrogen (secondary N) is 3. The van der Waals surface area contributed by atoms with E-state index in [2.05, 4.69) is 53.2 Å². The van der Waals surface area contributed by atoms with Crippen LogP contribution in [0, 0.1) is 6.92 Å².